The first-order valence-electron chi connectivity index (χ1n) is 6.98. The standard InChI is InChI=1S/C16H19N3O/c1-18-10-7-14(15(18)13-5-3-2-4-6-13)16(20)19-11-8-17-9-12-19/h2-7,10,17H,8-9,11-12H2,1H3. The smallest absolute Gasteiger partial charge is 0.256 e. The van der Waals surface area contributed by atoms with Gasteiger partial charge in [-0.25, -0.2) is 0 Å². The lowest BCUT2D eigenvalue weighted by Crippen LogP contribution is -2.46. The number of hydrogen-bond acceptors (Lipinski definition) is 2. The monoisotopic (exact) mass is 269 g/mol. The molecule has 1 aliphatic heterocycles. The predicted octanol–water partition coefficient (Wildman–Crippen LogP) is 1.74. The van der Waals surface area contributed by atoms with Crippen LogP contribution >= 0.6 is 0 Å². The van der Waals surface area contributed by atoms with Crippen molar-refractivity contribution in [1.29, 1.82) is 0 Å². The zero-order valence-corrected chi connectivity index (χ0v) is 11.7. The molecule has 2 aromatic rings. The molecule has 1 N–H and O–H groups in total. The van der Waals surface area contributed by atoms with E-state index in [-0.39, 0.29) is 5.91 Å². The summed E-state index contributed by atoms with van der Waals surface area (Å²) in [6.45, 7) is 3.31. The maximum Gasteiger partial charge on any atom is 0.256 e. The first-order chi connectivity index (χ1) is 9.77. The molecule has 1 aromatic heterocycles. The topological polar surface area (TPSA) is 37.3 Å². The van der Waals surface area contributed by atoms with Crippen LogP contribution in [-0.2, 0) is 7.05 Å². The van der Waals surface area contributed by atoms with Gasteiger partial charge in [-0.2, -0.15) is 0 Å². The number of amides is 1. The van der Waals surface area contributed by atoms with Crippen molar-refractivity contribution in [3.8, 4) is 11.3 Å². The summed E-state index contributed by atoms with van der Waals surface area (Å²) in [6.07, 6.45) is 1.96. The SMILES string of the molecule is Cn1ccc(C(=O)N2CCNCC2)c1-c1ccccc1. The molecule has 4 heteroatoms. The van der Waals surface area contributed by atoms with Crippen molar-refractivity contribution in [2.75, 3.05) is 26.2 Å². The van der Waals surface area contributed by atoms with Crippen molar-refractivity contribution in [3.63, 3.8) is 0 Å². The van der Waals surface area contributed by atoms with Gasteiger partial charge in [-0.3, -0.25) is 4.79 Å². The molecule has 0 aliphatic carbocycles. The Balaban J connectivity index is 1.96. The summed E-state index contributed by atoms with van der Waals surface area (Å²) in [7, 11) is 1.98. The van der Waals surface area contributed by atoms with E-state index >= 15 is 0 Å². The molecular formula is C16H19N3O. The highest BCUT2D eigenvalue weighted by Gasteiger charge is 2.22. The average molecular weight is 269 g/mol. The fourth-order valence-electron chi connectivity index (χ4n) is 2.70. The van der Waals surface area contributed by atoms with Crippen LogP contribution in [0.25, 0.3) is 11.3 Å². The molecule has 3 rings (SSSR count). The Hall–Kier alpha value is -2.07. The van der Waals surface area contributed by atoms with Crippen molar-refractivity contribution in [1.82, 2.24) is 14.8 Å². The molecule has 2 heterocycles. The molecular weight excluding hydrogens is 250 g/mol. The quantitative estimate of drug-likeness (QED) is 0.901. The fraction of sp³-hybridized carbons (Fsp3) is 0.312. The average Bonchev–Trinajstić information content (AvgIpc) is 2.90. The van der Waals surface area contributed by atoms with Crippen LogP contribution in [0.5, 0.6) is 0 Å². The number of piperazine rings is 1. The number of rotatable bonds is 2. The van der Waals surface area contributed by atoms with Gasteiger partial charge in [0.05, 0.1) is 11.3 Å². The van der Waals surface area contributed by atoms with E-state index < -0.39 is 0 Å². The maximum atomic E-state index is 12.7. The van der Waals surface area contributed by atoms with Crippen LogP contribution < -0.4 is 5.32 Å². The second kappa shape index (κ2) is 5.51. The van der Waals surface area contributed by atoms with Crippen molar-refractivity contribution in [3.05, 3.63) is 48.2 Å². The van der Waals surface area contributed by atoms with E-state index in [0.29, 0.717) is 0 Å². The first-order valence-corrected chi connectivity index (χ1v) is 6.98. The molecule has 1 amide bonds. The third-order valence-electron chi connectivity index (χ3n) is 3.75. The van der Waals surface area contributed by atoms with Crippen molar-refractivity contribution in [2.45, 2.75) is 0 Å². The number of nitrogens with zero attached hydrogens (tertiary/aromatic N) is 2. The zero-order valence-electron chi connectivity index (χ0n) is 11.7. The molecule has 20 heavy (non-hydrogen) atoms. The number of nitrogens with one attached hydrogen (secondary N) is 1. The number of aromatic nitrogens is 1. The summed E-state index contributed by atoms with van der Waals surface area (Å²) in [5.74, 6) is 0.131. The van der Waals surface area contributed by atoms with Crippen molar-refractivity contribution in [2.24, 2.45) is 7.05 Å². The predicted molar refractivity (Wildman–Crippen MR) is 79.6 cm³/mol. The molecule has 104 valence electrons. The third-order valence-corrected chi connectivity index (χ3v) is 3.75. The Morgan fingerprint density at radius 2 is 1.80 bits per heavy atom. The van der Waals surface area contributed by atoms with Gasteiger partial charge in [-0.1, -0.05) is 30.3 Å². The lowest BCUT2D eigenvalue weighted by molar-refractivity contribution is 0.0736. The lowest BCUT2D eigenvalue weighted by atomic mass is 10.1. The van der Waals surface area contributed by atoms with Crippen LogP contribution in [0.1, 0.15) is 10.4 Å². The Bertz CT molecular complexity index is 597. The molecule has 0 saturated carbocycles. The van der Waals surface area contributed by atoms with Crippen LogP contribution in [0, 0.1) is 0 Å². The van der Waals surface area contributed by atoms with Crippen LogP contribution in [0.15, 0.2) is 42.6 Å². The van der Waals surface area contributed by atoms with E-state index in [0.717, 1.165) is 43.0 Å². The molecule has 0 atom stereocenters. The van der Waals surface area contributed by atoms with Gasteiger partial charge in [-0.15, -0.1) is 0 Å². The lowest BCUT2D eigenvalue weighted by Gasteiger charge is -2.27. The van der Waals surface area contributed by atoms with Gasteiger partial charge >= 0.3 is 0 Å². The number of carbonyl (C=O) groups excluding carboxylic acids is 1. The van der Waals surface area contributed by atoms with E-state index in [9.17, 15) is 4.79 Å². The summed E-state index contributed by atoms with van der Waals surface area (Å²) in [5.41, 5.74) is 2.87. The molecule has 1 fully saturated rings. The number of aryl methyl sites for hydroxylation is 1. The van der Waals surface area contributed by atoms with Gasteiger partial charge in [-0.05, 0) is 11.6 Å². The van der Waals surface area contributed by atoms with Gasteiger partial charge in [0.25, 0.3) is 5.91 Å². The molecule has 4 nitrogen and oxygen atoms in total. The van der Waals surface area contributed by atoms with Crippen molar-refractivity contribution >= 4 is 5.91 Å². The molecule has 0 spiro atoms. The second-order valence-electron chi connectivity index (χ2n) is 5.10. The van der Waals surface area contributed by atoms with Crippen LogP contribution in [0.3, 0.4) is 0 Å². The Kier molecular flexibility index (Phi) is 3.56. The van der Waals surface area contributed by atoms with Gasteiger partial charge in [0.15, 0.2) is 0 Å². The highest BCUT2D eigenvalue weighted by atomic mass is 16.2. The van der Waals surface area contributed by atoms with E-state index in [2.05, 4.69) is 5.32 Å². The Labute approximate surface area is 119 Å². The molecule has 1 aromatic carbocycles. The number of benzene rings is 1. The number of carbonyl (C=O) groups is 1. The van der Waals surface area contributed by atoms with E-state index in [1.807, 2.05) is 59.1 Å². The Morgan fingerprint density at radius 3 is 2.50 bits per heavy atom. The summed E-state index contributed by atoms with van der Waals surface area (Å²) in [4.78, 5) is 14.6. The Morgan fingerprint density at radius 1 is 1.10 bits per heavy atom. The van der Waals surface area contributed by atoms with Crippen molar-refractivity contribution < 1.29 is 4.79 Å². The molecule has 0 radical (unpaired) electrons. The number of hydrogen-bond donors (Lipinski definition) is 1. The van der Waals surface area contributed by atoms with E-state index in [1.165, 1.54) is 0 Å². The van der Waals surface area contributed by atoms with Gasteiger partial charge in [0, 0.05) is 39.4 Å². The third kappa shape index (κ3) is 2.34. The van der Waals surface area contributed by atoms with E-state index in [4.69, 9.17) is 0 Å². The van der Waals surface area contributed by atoms with Gasteiger partial charge in [0.1, 0.15) is 0 Å². The second-order valence-corrected chi connectivity index (χ2v) is 5.10. The highest BCUT2D eigenvalue weighted by molar-refractivity contribution is 6.00. The fourth-order valence-corrected chi connectivity index (χ4v) is 2.70. The summed E-state index contributed by atoms with van der Waals surface area (Å²) < 4.78 is 2.02. The summed E-state index contributed by atoms with van der Waals surface area (Å²) >= 11 is 0. The maximum absolute atomic E-state index is 12.7. The van der Waals surface area contributed by atoms with Gasteiger partial charge in [0.2, 0.25) is 0 Å². The highest BCUT2D eigenvalue weighted by Crippen LogP contribution is 2.25. The van der Waals surface area contributed by atoms with E-state index in [1.54, 1.807) is 0 Å². The minimum atomic E-state index is 0.131. The van der Waals surface area contributed by atoms with Crippen LogP contribution in [0.4, 0.5) is 0 Å². The van der Waals surface area contributed by atoms with Crippen LogP contribution in [-0.4, -0.2) is 41.6 Å². The molecule has 1 aliphatic rings. The minimum Gasteiger partial charge on any atom is -0.350 e. The minimum absolute atomic E-state index is 0.131. The largest absolute Gasteiger partial charge is 0.350 e. The zero-order chi connectivity index (χ0) is 13.9. The molecule has 0 unspecified atom stereocenters. The van der Waals surface area contributed by atoms with Crippen LogP contribution in [0.2, 0.25) is 0 Å². The first kappa shape index (κ1) is 12.9. The normalized spacial score (nSPS) is 15.3. The molecule has 0 bridgehead atoms. The summed E-state index contributed by atoms with van der Waals surface area (Å²) in [5, 5.41) is 3.27. The summed E-state index contributed by atoms with van der Waals surface area (Å²) in [6, 6.07) is 12.0. The molecule has 1 saturated heterocycles. The van der Waals surface area contributed by atoms with Gasteiger partial charge < -0.3 is 14.8 Å².